The van der Waals surface area contributed by atoms with Crippen LogP contribution < -0.4 is 9.62 Å². The minimum atomic E-state index is -3.56. The van der Waals surface area contributed by atoms with Crippen LogP contribution in [0.4, 0.5) is 5.69 Å². The van der Waals surface area contributed by atoms with Gasteiger partial charge in [0.05, 0.1) is 11.9 Å². The smallest absolute Gasteiger partial charge is 0.243 e. The number of hydrogen-bond donors (Lipinski definition) is 1. The quantitative estimate of drug-likeness (QED) is 0.256. The van der Waals surface area contributed by atoms with Crippen molar-refractivity contribution < 1.29 is 18.0 Å². The molecule has 3 rings (SSSR count). The van der Waals surface area contributed by atoms with E-state index in [1.807, 2.05) is 81.4 Å². The van der Waals surface area contributed by atoms with Gasteiger partial charge in [0.15, 0.2) is 0 Å². The minimum absolute atomic E-state index is 0.0594. The third-order valence-electron chi connectivity index (χ3n) is 7.04. The molecule has 41 heavy (non-hydrogen) atoms. The molecule has 220 valence electrons. The highest BCUT2D eigenvalue weighted by atomic mass is 35.5. The van der Waals surface area contributed by atoms with Gasteiger partial charge >= 0.3 is 0 Å². The second-order valence-electron chi connectivity index (χ2n) is 10.4. The Labute approximate surface area is 249 Å². The molecule has 0 bridgehead atoms. The van der Waals surface area contributed by atoms with Gasteiger partial charge in [0, 0.05) is 37.0 Å². The zero-order chi connectivity index (χ0) is 30.0. The molecule has 0 radical (unpaired) electrons. The third-order valence-corrected chi connectivity index (χ3v) is 8.61. The summed E-state index contributed by atoms with van der Waals surface area (Å²) in [6.45, 7) is 6.14. The van der Waals surface area contributed by atoms with Crippen LogP contribution in [0.15, 0.2) is 78.9 Å². The van der Waals surface area contributed by atoms with Crippen LogP contribution in [0.25, 0.3) is 0 Å². The maximum atomic E-state index is 13.9. The summed E-state index contributed by atoms with van der Waals surface area (Å²) in [6.07, 6.45) is 2.59. The number of sulfonamides is 1. The van der Waals surface area contributed by atoms with Gasteiger partial charge in [-0.3, -0.25) is 13.9 Å². The van der Waals surface area contributed by atoms with Crippen molar-refractivity contribution in [2.45, 2.75) is 65.1 Å². The summed E-state index contributed by atoms with van der Waals surface area (Å²) in [5, 5.41) is 3.56. The number of anilines is 1. The van der Waals surface area contributed by atoms with Crippen molar-refractivity contribution in [1.29, 1.82) is 0 Å². The van der Waals surface area contributed by atoms with Crippen LogP contribution in [0.3, 0.4) is 0 Å². The summed E-state index contributed by atoms with van der Waals surface area (Å²) >= 11 is 6.49. The monoisotopic (exact) mass is 597 g/mol. The number of carbonyl (C=O) groups is 2. The summed E-state index contributed by atoms with van der Waals surface area (Å²) in [5.41, 5.74) is 3.23. The van der Waals surface area contributed by atoms with E-state index in [4.69, 9.17) is 11.6 Å². The first-order valence-electron chi connectivity index (χ1n) is 13.9. The van der Waals surface area contributed by atoms with E-state index in [0.717, 1.165) is 29.4 Å². The van der Waals surface area contributed by atoms with Gasteiger partial charge in [-0.2, -0.15) is 0 Å². The molecule has 0 unspecified atom stereocenters. The van der Waals surface area contributed by atoms with Crippen molar-refractivity contribution in [3.8, 4) is 0 Å². The van der Waals surface area contributed by atoms with Gasteiger partial charge in [-0.1, -0.05) is 84.8 Å². The average molecular weight is 598 g/mol. The van der Waals surface area contributed by atoms with Crippen LogP contribution >= 0.6 is 11.6 Å². The van der Waals surface area contributed by atoms with E-state index in [-0.39, 0.29) is 43.8 Å². The second-order valence-corrected chi connectivity index (χ2v) is 12.7. The molecule has 0 fully saturated rings. The summed E-state index contributed by atoms with van der Waals surface area (Å²) in [4.78, 5) is 29.1. The molecule has 0 saturated carbocycles. The summed E-state index contributed by atoms with van der Waals surface area (Å²) in [7, 11) is -3.56. The standard InChI is InChI=1S/C32H40ClN3O4S/c1-5-25(3)34-32(38)30(22-26-12-7-6-8-13-26)35(23-27-14-9-10-15-29(27)33)31(37)16-11-21-36(41(4,39)40)28-19-17-24(2)18-20-28/h6-10,12-15,17-20,25,30H,5,11,16,21-23H2,1-4H3,(H,34,38)/t25-,30+/m0/s1. The lowest BCUT2D eigenvalue weighted by Gasteiger charge is -2.33. The highest BCUT2D eigenvalue weighted by Gasteiger charge is 2.31. The maximum Gasteiger partial charge on any atom is 0.243 e. The van der Waals surface area contributed by atoms with E-state index in [1.165, 1.54) is 4.31 Å². The number of hydrogen-bond acceptors (Lipinski definition) is 4. The second kappa shape index (κ2) is 15.0. The van der Waals surface area contributed by atoms with Gasteiger partial charge in [0.1, 0.15) is 6.04 Å². The number of nitrogens with zero attached hydrogens (tertiary/aromatic N) is 2. The zero-order valence-corrected chi connectivity index (χ0v) is 25.8. The fourth-order valence-electron chi connectivity index (χ4n) is 4.52. The molecule has 7 nitrogen and oxygen atoms in total. The molecule has 9 heteroatoms. The number of rotatable bonds is 14. The van der Waals surface area contributed by atoms with Gasteiger partial charge in [-0.25, -0.2) is 8.42 Å². The van der Waals surface area contributed by atoms with Crippen LogP contribution in [-0.2, 0) is 32.6 Å². The van der Waals surface area contributed by atoms with Crippen molar-refractivity contribution in [2.75, 3.05) is 17.1 Å². The van der Waals surface area contributed by atoms with Crippen molar-refractivity contribution in [2.24, 2.45) is 0 Å². The van der Waals surface area contributed by atoms with Crippen molar-refractivity contribution in [3.05, 3.63) is 101 Å². The minimum Gasteiger partial charge on any atom is -0.352 e. The Hall–Kier alpha value is -3.36. The number of nitrogens with one attached hydrogen (secondary N) is 1. The van der Waals surface area contributed by atoms with Gasteiger partial charge in [-0.15, -0.1) is 0 Å². The molecule has 0 aromatic heterocycles. The van der Waals surface area contributed by atoms with Crippen molar-refractivity contribution in [1.82, 2.24) is 10.2 Å². The van der Waals surface area contributed by atoms with E-state index < -0.39 is 16.1 Å². The molecular weight excluding hydrogens is 558 g/mol. The first-order chi connectivity index (χ1) is 19.5. The Morgan fingerprint density at radius 1 is 0.951 bits per heavy atom. The molecule has 2 amide bonds. The molecule has 3 aromatic rings. The van der Waals surface area contributed by atoms with E-state index in [9.17, 15) is 18.0 Å². The highest BCUT2D eigenvalue weighted by Crippen LogP contribution is 2.23. The van der Waals surface area contributed by atoms with Crippen LogP contribution in [-0.4, -0.2) is 50.0 Å². The summed E-state index contributed by atoms with van der Waals surface area (Å²) in [6, 6.07) is 23.3. The highest BCUT2D eigenvalue weighted by molar-refractivity contribution is 7.92. The Balaban J connectivity index is 1.89. The molecule has 0 aliphatic rings. The Morgan fingerprint density at radius 2 is 1.59 bits per heavy atom. The molecule has 0 saturated heterocycles. The number of carbonyl (C=O) groups excluding carboxylic acids is 2. The van der Waals surface area contributed by atoms with Crippen molar-refractivity contribution >= 4 is 39.1 Å². The van der Waals surface area contributed by atoms with Gasteiger partial charge in [0.2, 0.25) is 21.8 Å². The third kappa shape index (κ3) is 9.61. The van der Waals surface area contributed by atoms with Gasteiger partial charge in [0.25, 0.3) is 0 Å². The molecular formula is C32H40ClN3O4S. The average Bonchev–Trinajstić information content (AvgIpc) is 2.94. The fourth-order valence-corrected chi connectivity index (χ4v) is 5.68. The molecule has 0 aliphatic heterocycles. The Morgan fingerprint density at radius 3 is 2.20 bits per heavy atom. The topological polar surface area (TPSA) is 86.8 Å². The molecule has 0 heterocycles. The maximum absolute atomic E-state index is 13.9. The first-order valence-corrected chi connectivity index (χ1v) is 16.1. The van der Waals surface area contributed by atoms with Crippen LogP contribution in [0, 0.1) is 6.92 Å². The van der Waals surface area contributed by atoms with E-state index in [2.05, 4.69) is 5.32 Å². The number of benzene rings is 3. The Bertz CT molecular complexity index is 1400. The molecule has 0 spiro atoms. The predicted molar refractivity (Wildman–Crippen MR) is 166 cm³/mol. The Kier molecular flexibility index (Phi) is 11.8. The van der Waals surface area contributed by atoms with Crippen LogP contribution in [0.2, 0.25) is 5.02 Å². The van der Waals surface area contributed by atoms with Crippen LogP contribution in [0.5, 0.6) is 0 Å². The van der Waals surface area contributed by atoms with Gasteiger partial charge in [-0.05, 0) is 56.0 Å². The van der Waals surface area contributed by atoms with Gasteiger partial charge < -0.3 is 10.2 Å². The summed E-state index contributed by atoms with van der Waals surface area (Å²) < 4.78 is 26.5. The largest absolute Gasteiger partial charge is 0.352 e. The fraction of sp³-hybridized carbons (Fsp3) is 0.375. The summed E-state index contributed by atoms with van der Waals surface area (Å²) in [5.74, 6) is -0.483. The molecule has 1 N–H and O–H groups in total. The lowest BCUT2D eigenvalue weighted by Crippen LogP contribution is -2.52. The molecule has 3 aromatic carbocycles. The lowest BCUT2D eigenvalue weighted by atomic mass is 10.0. The number of aryl methyl sites for hydroxylation is 1. The predicted octanol–water partition coefficient (Wildman–Crippen LogP) is 5.75. The van der Waals surface area contributed by atoms with E-state index in [0.29, 0.717) is 17.1 Å². The number of halogens is 1. The van der Waals surface area contributed by atoms with E-state index in [1.54, 1.807) is 23.1 Å². The lowest BCUT2D eigenvalue weighted by molar-refractivity contribution is -0.141. The molecule has 2 atom stereocenters. The normalized spacial score (nSPS) is 12.8. The van der Waals surface area contributed by atoms with Crippen LogP contribution in [0.1, 0.15) is 49.8 Å². The SMILES string of the molecule is CC[C@H](C)NC(=O)[C@@H](Cc1ccccc1)N(Cc1ccccc1Cl)C(=O)CCCN(c1ccc(C)cc1)S(C)(=O)=O. The molecule has 0 aliphatic carbocycles. The first kappa shape index (κ1) is 32.2. The van der Waals surface area contributed by atoms with E-state index >= 15 is 0 Å². The van der Waals surface area contributed by atoms with Crippen molar-refractivity contribution in [3.63, 3.8) is 0 Å². The zero-order valence-electron chi connectivity index (χ0n) is 24.2. The number of amides is 2.